The predicted octanol–water partition coefficient (Wildman–Crippen LogP) is 6.94. The second kappa shape index (κ2) is 13.3. The molecule has 5 nitrogen and oxygen atoms in total. The molecule has 5 heteroatoms. The minimum absolute atomic E-state index is 0.247. The Balaban J connectivity index is 1.49. The van der Waals surface area contributed by atoms with Crippen LogP contribution in [0.3, 0.4) is 0 Å². The highest BCUT2D eigenvalue weighted by Gasteiger charge is 2.13. The minimum Gasteiger partial charge on any atom is -0.494 e. The van der Waals surface area contributed by atoms with Gasteiger partial charge in [0, 0.05) is 13.1 Å². The van der Waals surface area contributed by atoms with Gasteiger partial charge in [0.05, 0.1) is 6.07 Å². The number of benzene rings is 2. The van der Waals surface area contributed by atoms with Crippen LogP contribution in [0.2, 0.25) is 0 Å². The highest BCUT2D eigenvalue weighted by molar-refractivity contribution is 5.24. The normalized spacial score (nSPS) is 12.2. The van der Waals surface area contributed by atoms with Crippen molar-refractivity contribution in [2.75, 3.05) is 0 Å². The molecule has 3 rings (SSSR count). The van der Waals surface area contributed by atoms with E-state index in [9.17, 15) is 14.7 Å². The first kappa shape index (κ1) is 30.5. The van der Waals surface area contributed by atoms with Gasteiger partial charge in [-0.05, 0) is 84.5 Å². The van der Waals surface area contributed by atoms with Crippen LogP contribution in [-0.2, 0) is 38.8 Å². The Morgan fingerprint density at radius 3 is 1.38 bits per heavy atom. The van der Waals surface area contributed by atoms with Crippen molar-refractivity contribution in [2.24, 2.45) is 10.8 Å². The van der Waals surface area contributed by atoms with Gasteiger partial charge in [0.15, 0.2) is 0 Å². The van der Waals surface area contributed by atoms with E-state index in [4.69, 9.17) is 0 Å². The van der Waals surface area contributed by atoms with E-state index in [2.05, 4.69) is 90.1 Å². The summed E-state index contributed by atoms with van der Waals surface area (Å²) in [5, 5.41) is 10.3. The summed E-state index contributed by atoms with van der Waals surface area (Å²) in [7, 11) is 0. The van der Waals surface area contributed by atoms with E-state index < -0.39 is 11.2 Å². The maximum Gasteiger partial charge on any atom is 0.333 e. The predicted molar refractivity (Wildman–Crippen MR) is 162 cm³/mol. The van der Waals surface area contributed by atoms with Crippen molar-refractivity contribution < 1.29 is 5.11 Å². The van der Waals surface area contributed by atoms with Gasteiger partial charge < -0.3 is 5.11 Å². The Morgan fingerprint density at radius 1 is 0.590 bits per heavy atom. The van der Waals surface area contributed by atoms with Crippen molar-refractivity contribution in [3.8, 4) is 5.88 Å². The van der Waals surface area contributed by atoms with Gasteiger partial charge in [0.25, 0.3) is 5.56 Å². The molecule has 3 aromatic rings. The average molecular weight is 533 g/mol. The van der Waals surface area contributed by atoms with Crippen LogP contribution in [0.5, 0.6) is 5.88 Å². The molecule has 0 aliphatic carbocycles. The number of aromatic nitrogens is 2. The summed E-state index contributed by atoms with van der Waals surface area (Å²) < 4.78 is 2.60. The molecule has 1 N–H and O–H groups in total. The summed E-state index contributed by atoms with van der Waals surface area (Å²) in [5.74, 6) is -0.247. The maximum atomic E-state index is 13.0. The van der Waals surface area contributed by atoms with E-state index in [0.29, 0.717) is 13.1 Å². The Kier molecular flexibility index (Phi) is 10.4. The van der Waals surface area contributed by atoms with Crippen LogP contribution in [0.4, 0.5) is 0 Å². The molecule has 0 aliphatic heterocycles. The van der Waals surface area contributed by atoms with Crippen molar-refractivity contribution in [3.05, 3.63) is 97.7 Å². The number of rotatable bonds is 12. The molecule has 2 aromatic carbocycles. The van der Waals surface area contributed by atoms with Crippen molar-refractivity contribution in [1.29, 1.82) is 0 Å². The molecule has 39 heavy (non-hydrogen) atoms. The molecule has 0 aliphatic rings. The first-order valence-electron chi connectivity index (χ1n) is 14.5. The van der Waals surface area contributed by atoms with Crippen molar-refractivity contribution in [2.45, 2.75) is 106 Å². The van der Waals surface area contributed by atoms with Crippen molar-refractivity contribution in [3.63, 3.8) is 0 Å². The van der Waals surface area contributed by atoms with E-state index >= 15 is 0 Å². The summed E-state index contributed by atoms with van der Waals surface area (Å²) >= 11 is 0. The zero-order valence-electron chi connectivity index (χ0n) is 24.9. The third-order valence-corrected chi connectivity index (χ3v) is 6.97. The number of nitrogens with zero attached hydrogens (tertiary/aromatic N) is 2. The lowest BCUT2D eigenvalue weighted by molar-refractivity contribution is 0.380. The SMILES string of the molecule is CC(C)(C)Cc1ccc(CCCCn2c(O)cc(=O)n(CCCCc3ccc(CC(C)(C)C)cc3)c2=O)cc1. The van der Waals surface area contributed by atoms with E-state index in [1.54, 1.807) is 0 Å². The number of aromatic hydroxyl groups is 1. The molecule has 1 heterocycles. The molecule has 0 radical (unpaired) electrons. The third kappa shape index (κ3) is 10.2. The monoisotopic (exact) mass is 532 g/mol. The van der Waals surface area contributed by atoms with Crippen LogP contribution >= 0.6 is 0 Å². The molecule has 0 bridgehead atoms. The van der Waals surface area contributed by atoms with Crippen LogP contribution in [0, 0.1) is 10.8 Å². The van der Waals surface area contributed by atoms with E-state index in [-0.39, 0.29) is 16.7 Å². The number of hydrogen-bond acceptors (Lipinski definition) is 3. The molecular weight excluding hydrogens is 484 g/mol. The fourth-order valence-corrected chi connectivity index (χ4v) is 5.09. The lowest BCUT2D eigenvalue weighted by atomic mass is 9.88. The van der Waals surface area contributed by atoms with Crippen LogP contribution in [-0.4, -0.2) is 14.2 Å². The summed E-state index contributed by atoms with van der Waals surface area (Å²) in [6, 6.07) is 18.7. The molecular formula is C34H48N2O3. The van der Waals surface area contributed by atoms with Gasteiger partial charge in [-0.15, -0.1) is 0 Å². The fourth-order valence-electron chi connectivity index (χ4n) is 5.09. The largest absolute Gasteiger partial charge is 0.494 e. The molecule has 1 aromatic heterocycles. The van der Waals surface area contributed by atoms with E-state index in [0.717, 1.165) is 51.4 Å². The zero-order valence-corrected chi connectivity index (χ0v) is 24.9. The van der Waals surface area contributed by atoms with Crippen molar-refractivity contribution in [1.82, 2.24) is 9.13 Å². The number of hydrogen-bond donors (Lipinski definition) is 1. The smallest absolute Gasteiger partial charge is 0.333 e. The van der Waals surface area contributed by atoms with Crippen molar-refractivity contribution >= 4 is 0 Å². The molecule has 0 atom stereocenters. The Bertz CT molecular complexity index is 1300. The molecule has 0 spiro atoms. The lowest BCUT2D eigenvalue weighted by Gasteiger charge is -2.18. The molecule has 212 valence electrons. The average Bonchev–Trinajstić information content (AvgIpc) is 2.83. The number of unbranched alkanes of at least 4 members (excludes halogenated alkanes) is 2. The molecule has 0 fully saturated rings. The Hall–Kier alpha value is -3.08. The standard InChI is InChI=1S/C34H48N2O3/c1-33(2,3)24-28-17-13-26(14-18-28)11-7-9-21-35-30(37)23-31(38)36(32(35)39)22-10-8-12-27-15-19-29(20-16-27)25-34(4,5)6/h13-20,23,37H,7-12,21-22,24-25H2,1-6H3. The summed E-state index contributed by atoms with van der Waals surface area (Å²) in [5.41, 5.74) is 4.92. The number of aryl methyl sites for hydroxylation is 2. The quantitative estimate of drug-likeness (QED) is 0.257. The minimum atomic E-state index is -0.435. The van der Waals surface area contributed by atoms with E-state index in [1.807, 2.05) is 0 Å². The van der Waals surface area contributed by atoms with Gasteiger partial charge in [0.2, 0.25) is 5.88 Å². The van der Waals surface area contributed by atoms with Gasteiger partial charge in [-0.2, -0.15) is 0 Å². The highest BCUT2D eigenvalue weighted by atomic mass is 16.3. The van der Waals surface area contributed by atoms with Crippen LogP contribution in [0.15, 0.2) is 64.2 Å². The van der Waals surface area contributed by atoms with Gasteiger partial charge in [-0.25, -0.2) is 4.79 Å². The topological polar surface area (TPSA) is 64.2 Å². The summed E-state index contributed by atoms with van der Waals surface area (Å²) in [4.78, 5) is 25.5. The molecule has 0 unspecified atom stereocenters. The molecule has 0 amide bonds. The first-order chi connectivity index (χ1) is 18.3. The third-order valence-electron chi connectivity index (χ3n) is 6.97. The van der Waals surface area contributed by atoms with Crippen LogP contribution in [0.1, 0.15) is 89.5 Å². The second-order valence-corrected chi connectivity index (χ2v) is 13.4. The highest BCUT2D eigenvalue weighted by Crippen LogP contribution is 2.22. The molecule has 0 saturated heterocycles. The van der Waals surface area contributed by atoms with Gasteiger partial charge in [-0.1, -0.05) is 90.1 Å². The van der Waals surface area contributed by atoms with Gasteiger partial charge in [-0.3, -0.25) is 13.9 Å². The maximum absolute atomic E-state index is 13.0. The zero-order chi connectivity index (χ0) is 28.6. The summed E-state index contributed by atoms with van der Waals surface area (Å²) in [6.07, 6.45) is 7.20. The van der Waals surface area contributed by atoms with E-state index in [1.165, 1.54) is 37.5 Å². The van der Waals surface area contributed by atoms with Crippen LogP contribution in [0.25, 0.3) is 0 Å². The summed E-state index contributed by atoms with van der Waals surface area (Å²) in [6.45, 7) is 14.2. The Labute approximate surface area is 234 Å². The molecule has 0 saturated carbocycles. The lowest BCUT2D eigenvalue weighted by Crippen LogP contribution is -2.39. The van der Waals surface area contributed by atoms with Crippen LogP contribution < -0.4 is 11.2 Å². The first-order valence-corrected chi connectivity index (χ1v) is 14.5. The fraction of sp³-hybridized carbons (Fsp3) is 0.529. The Morgan fingerprint density at radius 2 is 0.974 bits per heavy atom. The second-order valence-electron chi connectivity index (χ2n) is 13.4. The van der Waals surface area contributed by atoms with Gasteiger partial charge >= 0.3 is 5.69 Å². The van der Waals surface area contributed by atoms with Gasteiger partial charge in [0.1, 0.15) is 0 Å².